The number of alkyl halides is 3. The lowest BCUT2D eigenvalue weighted by Gasteiger charge is -2.34. The van der Waals surface area contributed by atoms with Gasteiger partial charge in [0.05, 0.1) is 16.9 Å². The largest absolute Gasteiger partial charge is 0.433 e. The van der Waals surface area contributed by atoms with Crippen molar-refractivity contribution in [3.63, 3.8) is 0 Å². The Labute approximate surface area is 200 Å². The van der Waals surface area contributed by atoms with Gasteiger partial charge in [-0.25, -0.2) is 8.42 Å². The van der Waals surface area contributed by atoms with Crippen molar-refractivity contribution in [1.29, 1.82) is 5.26 Å². The van der Waals surface area contributed by atoms with Gasteiger partial charge in [-0.05, 0) is 42.8 Å². The molecule has 2 amide bonds. The third-order valence-electron chi connectivity index (χ3n) is 5.61. The molecule has 2 heterocycles. The summed E-state index contributed by atoms with van der Waals surface area (Å²) in [5.74, 6) is -1.60. The molecule has 1 N–H and O–H groups in total. The summed E-state index contributed by atoms with van der Waals surface area (Å²) in [5, 5.41) is 11.3. The van der Waals surface area contributed by atoms with E-state index in [0.717, 1.165) is 21.5 Å². The maximum atomic E-state index is 12.9. The Kier molecular flexibility index (Phi) is 7.47. The first-order valence-electron chi connectivity index (χ1n) is 10.4. The number of likely N-dealkylation sites (N-methyl/N-ethyl adjacent to an activating group) is 1. The molecule has 1 aliphatic rings. The first-order valence-corrected chi connectivity index (χ1v) is 11.9. The lowest BCUT2D eigenvalue weighted by molar-refractivity contribution is -0.141. The van der Waals surface area contributed by atoms with Crippen LogP contribution in [0.2, 0.25) is 0 Å². The van der Waals surface area contributed by atoms with Gasteiger partial charge in [0.25, 0.3) is 5.91 Å². The second-order valence-corrected chi connectivity index (χ2v) is 9.97. The number of halogens is 3. The third kappa shape index (κ3) is 5.77. The highest BCUT2D eigenvalue weighted by molar-refractivity contribution is 7.89. The highest BCUT2D eigenvalue weighted by Crippen LogP contribution is 2.28. The topological polar surface area (TPSA) is 123 Å². The van der Waals surface area contributed by atoms with Gasteiger partial charge in [-0.1, -0.05) is 6.07 Å². The third-order valence-corrected chi connectivity index (χ3v) is 7.44. The minimum absolute atomic E-state index is 0.0366. The van der Waals surface area contributed by atoms with Crippen LogP contribution in [0.15, 0.2) is 47.5 Å². The minimum atomic E-state index is -4.62. The number of rotatable bonds is 7. The van der Waals surface area contributed by atoms with Gasteiger partial charge in [0, 0.05) is 38.4 Å². The van der Waals surface area contributed by atoms with Crippen molar-refractivity contribution < 1.29 is 31.2 Å². The Hall–Kier alpha value is -3.50. The summed E-state index contributed by atoms with van der Waals surface area (Å²) >= 11 is 0. The van der Waals surface area contributed by atoms with E-state index < -0.39 is 39.7 Å². The Morgan fingerprint density at radius 1 is 1.29 bits per heavy atom. The highest BCUT2D eigenvalue weighted by Gasteiger charge is 2.37. The standard InChI is InChI=1S/C22H22F3N5O4S/c1-14(20(31)28-11-15-6-7-27-19(8-15)22(23,24)25)29(2)21(32)17-4-3-5-18(9-17)35(33,34)30-12-16(10-26)13-30/h3-9,14,16H,11-13H2,1-2H3,(H,28,31)/t14-/m1/s1. The van der Waals surface area contributed by atoms with Crippen LogP contribution in [0.4, 0.5) is 13.2 Å². The lowest BCUT2D eigenvalue weighted by Crippen LogP contribution is -2.49. The fourth-order valence-corrected chi connectivity index (χ4v) is 4.86. The summed E-state index contributed by atoms with van der Waals surface area (Å²) in [6.07, 6.45) is -3.62. The second-order valence-electron chi connectivity index (χ2n) is 8.03. The zero-order valence-electron chi connectivity index (χ0n) is 18.8. The number of carbonyl (C=O) groups is 2. The lowest BCUT2D eigenvalue weighted by atomic mass is 10.1. The van der Waals surface area contributed by atoms with Crippen LogP contribution in [-0.4, -0.2) is 60.6 Å². The fraction of sp³-hybridized carbons (Fsp3) is 0.364. The maximum absolute atomic E-state index is 12.9. The molecule has 0 bridgehead atoms. The minimum Gasteiger partial charge on any atom is -0.350 e. The quantitative estimate of drug-likeness (QED) is 0.609. The van der Waals surface area contributed by atoms with Gasteiger partial charge < -0.3 is 10.2 Å². The van der Waals surface area contributed by atoms with Gasteiger partial charge in [0.15, 0.2) is 0 Å². The normalized spacial score (nSPS) is 15.5. The van der Waals surface area contributed by atoms with Crippen LogP contribution in [0.3, 0.4) is 0 Å². The van der Waals surface area contributed by atoms with E-state index in [1.807, 2.05) is 6.07 Å². The predicted octanol–water partition coefficient (Wildman–Crippen LogP) is 2.02. The van der Waals surface area contributed by atoms with Crippen molar-refractivity contribution in [1.82, 2.24) is 19.5 Å². The molecule has 1 fully saturated rings. The molecule has 0 spiro atoms. The molecule has 13 heteroatoms. The van der Waals surface area contributed by atoms with E-state index in [1.165, 1.54) is 44.3 Å². The highest BCUT2D eigenvalue weighted by atomic mass is 32.2. The predicted molar refractivity (Wildman–Crippen MR) is 117 cm³/mol. The van der Waals surface area contributed by atoms with Crippen molar-refractivity contribution in [2.75, 3.05) is 20.1 Å². The maximum Gasteiger partial charge on any atom is 0.433 e. The molecule has 2 aromatic rings. The average Bonchev–Trinajstić information content (AvgIpc) is 2.80. The van der Waals surface area contributed by atoms with Crippen LogP contribution in [-0.2, 0) is 27.5 Å². The number of hydrogen-bond donors (Lipinski definition) is 1. The first-order chi connectivity index (χ1) is 16.3. The van der Waals surface area contributed by atoms with Gasteiger partial charge in [-0.15, -0.1) is 0 Å². The number of benzene rings is 1. The number of pyridine rings is 1. The Morgan fingerprint density at radius 3 is 2.60 bits per heavy atom. The van der Waals surface area contributed by atoms with Gasteiger partial charge in [0.2, 0.25) is 15.9 Å². The zero-order valence-corrected chi connectivity index (χ0v) is 19.6. The summed E-state index contributed by atoms with van der Waals surface area (Å²) in [7, 11) is -2.51. The number of sulfonamides is 1. The molecule has 1 aliphatic heterocycles. The molecule has 0 unspecified atom stereocenters. The van der Waals surface area contributed by atoms with Crippen LogP contribution < -0.4 is 5.32 Å². The molecule has 0 saturated carbocycles. The van der Waals surface area contributed by atoms with Crippen LogP contribution in [0.5, 0.6) is 0 Å². The van der Waals surface area contributed by atoms with E-state index >= 15 is 0 Å². The number of carbonyl (C=O) groups excluding carboxylic acids is 2. The molecule has 1 aromatic heterocycles. The Bertz CT molecular complexity index is 1270. The summed E-state index contributed by atoms with van der Waals surface area (Å²) in [5.41, 5.74) is -0.861. The van der Waals surface area contributed by atoms with Crippen LogP contribution in [0, 0.1) is 17.2 Å². The summed E-state index contributed by atoms with van der Waals surface area (Å²) in [6, 6.07) is 8.50. The van der Waals surface area contributed by atoms with E-state index in [4.69, 9.17) is 5.26 Å². The molecule has 0 aliphatic carbocycles. The van der Waals surface area contributed by atoms with Gasteiger partial charge in [0.1, 0.15) is 11.7 Å². The second kappa shape index (κ2) is 10.0. The Morgan fingerprint density at radius 2 is 1.97 bits per heavy atom. The van der Waals surface area contributed by atoms with E-state index in [2.05, 4.69) is 10.3 Å². The fourth-order valence-electron chi connectivity index (χ4n) is 3.29. The van der Waals surface area contributed by atoms with Crippen LogP contribution >= 0.6 is 0 Å². The van der Waals surface area contributed by atoms with E-state index in [1.54, 1.807) is 0 Å². The molecule has 9 nitrogen and oxygen atoms in total. The summed E-state index contributed by atoms with van der Waals surface area (Å²) < 4.78 is 65.0. The van der Waals surface area contributed by atoms with Crippen molar-refractivity contribution in [3.8, 4) is 6.07 Å². The van der Waals surface area contributed by atoms with Crippen molar-refractivity contribution in [3.05, 3.63) is 59.4 Å². The number of nitrogens with zero attached hydrogens (tertiary/aromatic N) is 4. The molecule has 35 heavy (non-hydrogen) atoms. The number of amides is 2. The van der Waals surface area contributed by atoms with Crippen molar-refractivity contribution in [2.45, 2.75) is 30.6 Å². The molecular weight excluding hydrogens is 487 g/mol. The average molecular weight is 510 g/mol. The summed E-state index contributed by atoms with van der Waals surface area (Å²) in [4.78, 5) is 29.7. The van der Waals surface area contributed by atoms with Gasteiger partial charge >= 0.3 is 6.18 Å². The molecule has 3 rings (SSSR count). The number of aromatic nitrogens is 1. The SMILES string of the molecule is C[C@H](C(=O)NCc1ccnc(C(F)(F)F)c1)N(C)C(=O)c1cccc(S(=O)(=O)N2CC(C#N)C2)c1. The first kappa shape index (κ1) is 26.1. The monoisotopic (exact) mass is 509 g/mol. The van der Waals surface area contributed by atoms with Gasteiger partial charge in [-0.2, -0.15) is 22.7 Å². The van der Waals surface area contributed by atoms with E-state index in [9.17, 15) is 31.2 Å². The van der Waals surface area contributed by atoms with Crippen LogP contribution in [0.25, 0.3) is 0 Å². The van der Waals surface area contributed by atoms with Crippen molar-refractivity contribution >= 4 is 21.8 Å². The summed E-state index contributed by atoms with van der Waals surface area (Å²) in [6.45, 7) is 1.39. The van der Waals surface area contributed by atoms with Crippen LogP contribution in [0.1, 0.15) is 28.5 Å². The Balaban J connectivity index is 1.66. The number of hydrogen-bond acceptors (Lipinski definition) is 6. The molecule has 1 aromatic carbocycles. The van der Waals surface area contributed by atoms with E-state index in [0.29, 0.717) is 0 Å². The molecule has 1 saturated heterocycles. The molecule has 1 atom stereocenters. The van der Waals surface area contributed by atoms with Gasteiger partial charge in [-0.3, -0.25) is 14.6 Å². The smallest absolute Gasteiger partial charge is 0.350 e. The molecule has 0 radical (unpaired) electrons. The van der Waals surface area contributed by atoms with Crippen molar-refractivity contribution in [2.24, 2.45) is 5.92 Å². The molecular formula is C22H22F3N5O4S. The number of nitriles is 1. The molecule has 186 valence electrons. The zero-order chi connectivity index (χ0) is 26.0. The number of nitrogens with one attached hydrogen (secondary N) is 1. The van der Waals surface area contributed by atoms with E-state index in [-0.39, 0.29) is 41.6 Å².